The summed E-state index contributed by atoms with van der Waals surface area (Å²) in [6.45, 7) is 9.74. The number of benzene rings is 2. The number of hydrogen-bond donors (Lipinski definition) is 2. The molecule has 8 heteroatoms. The fourth-order valence-electron chi connectivity index (χ4n) is 4.18. The number of guanidine groups is 1. The maximum atomic E-state index is 5.44. The Labute approximate surface area is 214 Å². The lowest BCUT2D eigenvalue weighted by atomic mass is 10.2. The number of aliphatic imine (C=N–C) groups is 1. The van der Waals surface area contributed by atoms with E-state index >= 15 is 0 Å². The van der Waals surface area contributed by atoms with Crippen molar-refractivity contribution in [1.82, 2.24) is 15.5 Å². The fraction of sp³-hybridized carbons (Fsp3) is 0.480. The molecule has 2 aromatic rings. The highest BCUT2D eigenvalue weighted by molar-refractivity contribution is 14.0. The molecule has 2 aliphatic heterocycles. The van der Waals surface area contributed by atoms with Gasteiger partial charge in [0.2, 0.25) is 6.79 Å². The highest BCUT2D eigenvalue weighted by Crippen LogP contribution is 2.32. The molecule has 0 radical (unpaired) electrons. The summed E-state index contributed by atoms with van der Waals surface area (Å²) < 4.78 is 10.8. The first-order valence-electron chi connectivity index (χ1n) is 11.6. The van der Waals surface area contributed by atoms with E-state index in [-0.39, 0.29) is 24.0 Å². The second-order valence-electron chi connectivity index (χ2n) is 8.41. The van der Waals surface area contributed by atoms with Gasteiger partial charge < -0.3 is 25.0 Å². The van der Waals surface area contributed by atoms with Gasteiger partial charge in [0.1, 0.15) is 0 Å². The van der Waals surface area contributed by atoms with Crippen LogP contribution in [0.4, 0.5) is 5.69 Å². The second-order valence-corrected chi connectivity index (χ2v) is 8.41. The number of fused-ring (bicyclic) bond motifs is 1. The number of unbranched alkanes of at least 4 members (excludes halogenated alkanes) is 1. The molecule has 2 aliphatic rings. The van der Waals surface area contributed by atoms with Crippen molar-refractivity contribution in [3.05, 3.63) is 53.6 Å². The van der Waals surface area contributed by atoms with Gasteiger partial charge in [0.25, 0.3) is 0 Å². The average molecular weight is 566 g/mol. The van der Waals surface area contributed by atoms with Crippen molar-refractivity contribution in [2.45, 2.75) is 26.3 Å². The first kappa shape index (κ1) is 25.4. The molecule has 1 saturated heterocycles. The summed E-state index contributed by atoms with van der Waals surface area (Å²) in [5.74, 6) is 2.45. The highest BCUT2D eigenvalue weighted by atomic mass is 127. The molecule has 0 unspecified atom stereocenters. The Bertz CT molecular complexity index is 915. The second kappa shape index (κ2) is 12.9. The van der Waals surface area contributed by atoms with Gasteiger partial charge in [-0.3, -0.25) is 9.89 Å². The summed E-state index contributed by atoms with van der Waals surface area (Å²) >= 11 is 0. The van der Waals surface area contributed by atoms with Crippen LogP contribution in [0, 0.1) is 6.92 Å². The molecule has 33 heavy (non-hydrogen) atoms. The summed E-state index contributed by atoms with van der Waals surface area (Å²) in [5.41, 5.74) is 3.83. The van der Waals surface area contributed by atoms with Crippen molar-refractivity contribution >= 4 is 35.6 Å². The van der Waals surface area contributed by atoms with Crippen molar-refractivity contribution < 1.29 is 9.47 Å². The van der Waals surface area contributed by atoms with E-state index < -0.39 is 0 Å². The molecule has 0 atom stereocenters. The van der Waals surface area contributed by atoms with Crippen LogP contribution in [0.2, 0.25) is 0 Å². The number of nitrogens with one attached hydrogen (secondary N) is 2. The van der Waals surface area contributed by atoms with Gasteiger partial charge in [-0.05, 0) is 61.7 Å². The zero-order chi connectivity index (χ0) is 22.2. The summed E-state index contributed by atoms with van der Waals surface area (Å²) in [4.78, 5) is 9.41. The molecule has 7 nitrogen and oxygen atoms in total. The number of anilines is 1. The zero-order valence-electron chi connectivity index (χ0n) is 19.7. The van der Waals surface area contributed by atoms with Gasteiger partial charge in [-0.15, -0.1) is 24.0 Å². The van der Waals surface area contributed by atoms with Crippen molar-refractivity contribution in [3.8, 4) is 11.5 Å². The molecule has 0 bridgehead atoms. The van der Waals surface area contributed by atoms with Crippen LogP contribution >= 0.6 is 24.0 Å². The predicted molar refractivity (Wildman–Crippen MR) is 145 cm³/mol. The number of aryl methyl sites for hydroxylation is 1. The molecule has 0 amide bonds. The van der Waals surface area contributed by atoms with Crippen molar-refractivity contribution in [3.63, 3.8) is 0 Å². The lowest BCUT2D eigenvalue weighted by Gasteiger charge is -2.36. The minimum Gasteiger partial charge on any atom is -0.454 e. The largest absolute Gasteiger partial charge is 0.454 e. The summed E-state index contributed by atoms with van der Waals surface area (Å²) in [7, 11) is 1.81. The van der Waals surface area contributed by atoms with Crippen LogP contribution in [-0.4, -0.2) is 64.0 Å². The van der Waals surface area contributed by atoms with Crippen LogP contribution in [0.15, 0.2) is 47.5 Å². The molecule has 2 aromatic carbocycles. The number of hydrogen-bond acceptors (Lipinski definition) is 5. The predicted octanol–water partition coefficient (Wildman–Crippen LogP) is 3.61. The Balaban J connectivity index is 0.00000306. The topological polar surface area (TPSA) is 61.4 Å². The van der Waals surface area contributed by atoms with Gasteiger partial charge in [0, 0.05) is 52.0 Å². The third-order valence-corrected chi connectivity index (χ3v) is 6.05. The quantitative estimate of drug-likeness (QED) is 0.221. The Kier molecular flexibility index (Phi) is 9.93. The Morgan fingerprint density at radius 3 is 2.58 bits per heavy atom. The van der Waals surface area contributed by atoms with Crippen LogP contribution in [0.1, 0.15) is 24.0 Å². The summed E-state index contributed by atoms with van der Waals surface area (Å²) in [6.07, 6.45) is 2.32. The SMILES string of the molecule is CN=C(NCCCCN1CCN(c2cccc(C)c2)CC1)NCc1ccc2c(c1)OCO2.I. The number of rotatable bonds is 8. The molecule has 180 valence electrons. The maximum Gasteiger partial charge on any atom is 0.231 e. The van der Waals surface area contributed by atoms with E-state index in [1.807, 2.05) is 25.2 Å². The number of nitrogens with zero attached hydrogens (tertiary/aromatic N) is 3. The third-order valence-electron chi connectivity index (χ3n) is 6.05. The summed E-state index contributed by atoms with van der Waals surface area (Å²) in [5, 5.41) is 6.79. The van der Waals surface area contributed by atoms with Crippen molar-refractivity contribution in [1.29, 1.82) is 0 Å². The Hall–Kier alpha value is -2.20. The zero-order valence-corrected chi connectivity index (χ0v) is 22.0. The highest BCUT2D eigenvalue weighted by Gasteiger charge is 2.17. The van der Waals surface area contributed by atoms with Gasteiger partial charge in [0.15, 0.2) is 17.5 Å². The van der Waals surface area contributed by atoms with Gasteiger partial charge >= 0.3 is 0 Å². The minimum atomic E-state index is 0. The van der Waals surface area contributed by atoms with E-state index in [1.165, 1.54) is 17.7 Å². The summed E-state index contributed by atoms with van der Waals surface area (Å²) in [6, 6.07) is 14.8. The van der Waals surface area contributed by atoms with E-state index in [2.05, 4.69) is 56.6 Å². The fourth-order valence-corrected chi connectivity index (χ4v) is 4.18. The molecule has 2 heterocycles. The van der Waals surface area contributed by atoms with Crippen LogP contribution in [0.3, 0.4) is 0 Å². The molecule has 0 saturated carbocycles. The number of halogens is 1. The molecule has 1 fully saturated rings. The van der Waals surface area contributed by atoms with Crippen molar-refractivity contribution in [2.24, 2.45) is 4.99 Å². The van der Waals surface area contributed by atoms with Gasteiger partial charge in [-0.1, -0.05) is 18.2 Å². The first-order chi connectivity index (χ1) is 15.7. The Morgan fingerprint density at radius 1 is 0.970 bits per heavy atom. The lowest BCUT2D eigenvalue weighted by molar-refractivity contribution is 0.174. The standard InChI is InChI=1S/C25H35N5O2.HI/c1-20-6-5-7-22(16-20)30-14-12-29(13-15-30)11-4-3-10-27-25(26-2)28-18-21-8-9-23-24(17-21)32-19-31-23;/h5-9,16-17H,3-4,10-15,18-19H2,1-2H3,(H2,26,27,28);1H. The van der Waals surface area contributed by atoms with E-state index in [1.54, 1.807) is 0 Å². The van der Waals surface area contributed by atoms with Gasteiger partial charge in [-0.25, -0.2) is 0 Å². The van der Waals surface area contributed by atoms with E-state index in [9.17, 15) is 0 Å². The molecule has 0 spiro atoms. The monoisotopic (exact) mass is 565 g/mol. The molecular weight excluding hydrogens is 529 g/mol. The van der Waals surface area contributed by atoms with Gasteiger partial charge in [0.05, 0.1) is 0 Å². The van der Waals surface area contributed by atoms with Crippen LogP contribution in [-0.2, 0) is 6.54 Å². The molecule has 4 rings (SSSR count). The number of piperazine rings is 1. The molecule has 0 aliphatic carbocycles. The first-order valence-corrected chi connectivity index (χ1v) is 11.6. The smallest absolute Gasteiger partial charge is 0.231 e. The van der Waals surface area contributed by atoms with Crippen molar-refractivity contribution in [2.75, 3.05) is 58.0 Å². The maximum absolute atomic E-state index is 5.44. The van der Waals surface area contributed by atoms with Crippen LogP contribution in [0.5, 0.6) is 11.5 Å². The molecular formula is C25H36IN5O2. The lowest BCUT2D eigenvalue weighted by Crippen LogP contribution is -2.46. The normalized spacial score (nSPS) is 15.8. The third kappa shape index (κ3) is 7.40. The molecule has 2 N–H and O–H groups in total. The van der Waals surface area contributed by atoms with Crippen LogP contribution < -0.4 is 25.0 Å². The Morgan fingerprint density at radius 2 is 1.79 bits per heavy atom. The molecule has 0 aromatic heterocycles. The minimum absolute atomic E-state index is 0. The van der Waals surface area contributed by atoms with Crippen LogP contribution in [0.25, 0.3) is 0 Å². The average Bonchev–Trinajstić information content (AvgIpc) is 3.29. The van der Waals surface area contributed by atoms with E-state index in [0.717, 1.165) is 68.7 Å². The van der Waals surface area contributed by atoms with Gasteiger partial charge in [-0.2, -0.15) is 0 Å². The van der Waals surface area contributed by atoms with E-state index in [4.69, 9.17) is 9.47 Å². The number of ether oxygens (including phenoxy) is 2. The van der Waals surface area contributed by atoms with E-state index in [0.29, 0.717) is 13.3 Å².